The normalized spacial score (nSPS) is 11.7. The minimum atomic E-state index is -0.867. The summed E-state index contributed by atoms with van der Waals surface area (Å²) >= 11 is 5.01. The maximum atomic E-state index is 13.4. The molecule has 0 aliphatic carbocycles. The second-order valence-corrected chi connectivity index (χ2v) is 5.27. The van der Waals surface area contributed by atoms with Gasteiger partial charge in [0.25, 0.3) is 5.91 Å². The van der Waals surface area contributed by atoms with E-state index in [0.29, 0.717) is 11.7 Å². The lowest BCUT2D eigenvalue weighted by molar-refractivity contribution is -0.127. The van der Waals surface area contributed by atoms with Crippen LogP contribution < -0.4 is 20.9 Å². The van der Waals surface area contributed by atoms with E-state index >= 15 is 0 Å². The van der Waals surface area contributed by atoms with E-state index in [9.17, 15) is 9.18 Å². The van der Waals surface area contributed by atoms with Crippen LogP contribution in [0.3, 0.4) is 0 Å². The Balaban J connectivity index is 2.32. The Morgan fingerprint density at radius 3 is 2.68 bits per heavy atom. The Hall–Kier alpha value is -1.93. The van der Waals surface area contributed by atoms with Gasteiger partial charge in [-0.05, 0) is 45.4 Å². The minimum absolute atomic E-state index is 0.0248. The summed E-state index contributed by atoms with van der Waals surface area (Å²) in [5, 5.41) is 3.23. The first-order chi connectivity index (χ1) is 10.4. The number of hydrazine groups is 1. The SMILES string of the molecule is C[C@H](Oc1ccccc1F)C(=O)NNC(=S)NCCN(C)C. The van der Waals surface area contributed by atoms with Crippen LogP contribution in [-0.4, -0.2) is 49.2 Å². The average molecular weight is 328 g/mol. The Morgan fingerprint density at radius 1 is 1.36 bits per heavy atom. The molecule has 8 heteroatoms. The monoisotopic (exact) mass is 328 g/mol. The van der Waals surface area contributed by atoms with Crippen molar-refractivity contribution in [3.8, 4) is 5.75 Å². The molecule has 0 aliphatic rings. The van der Waals surface area contributed by atoms with Gasteiger partial charge >= 0.3 is 0 Å². The molecular weight excluding hydrogens is 307 g/mol. The summed E-state index contributed by atoms with van der Waals surface area (Å²) in [6, 6.07) is 5.90. The van der Waals surface area contributed by atoms with Gasteiger partial charge in [0.2, 0.25) is 0 Å². The first-order valence-corrected chi connectivity index (χ1v) is 7.20. The first kappa shape index (κ1) is 18.1. The number of nitrogens with one attached hydrogen (secondary N) is 3. The third kappa shape index (κ3) is 6.68. The van der Waals surface area contributed by atoms with E-state index in [-0.39, 0.29) is 5.75 Å². The van der Waals surface area contributed by atoms with Crippen LogP contribution in [0.2, 0.25) is 0 Å². The Bertz CT molecular complexity index is 513. The number of benzene rings is 1. The van der Waals surface area contributed by atoms with Gasteiger partial charge in [-0.3, -0.25) is 15.6 Å². The highest BCUT2D eigenvalue weighted by Gasteiger charge is 2.16. The second-order valence-electron chi connectivity index (χ2n) is 4.86. The predicted molar refractivity (Wildman–Crippen MR) is 86.9 cm³/mol. The van der Waals surface area contributed by atoms with E-state index in [1.54, 1.807) is 12.1 Å². The molecule has 0 heterocycles. The number of ether oxygens (including phenoxy) is 1. The maximum absolute atomic E-state index is 13.4. The number of hydrogen-bond acceptors (Lipinski definition) is 4. The van der Waals surface area contributed by atoms with Crippen LogP contribution in [0.1, 0.15) is 6.92 Å². The van der Waals surface area contributed by atoms with Gasteiger partial charge in [0, 0.05) is 13.1 Å². The number of para-hydroxylation sites is 1. The number of likely N-dealkylation sites (N-methyl/N-ethyl adjacent to an activating group) is 1. The molecule has 0 saturated heterocycles. The van der Waals surface area contributed by atoms with Gasteiger partial charge < -0.3 is 15.0 Å². The lowest BCUT2D eigenvalue weighted by Crippen LogP contribution is -2.51. The van der Waals surface area contributed by atoms with Crippen molar-refractivity contribution in [1.29, 1.82) is 0 Å². The van der Waals surface area contributed by atoms with Crippen LogP contribution >= 0.6 is 12.2 Å². The molecule has 1 rings (SSSR count). The minimum Gasteiger partial charge on any atom is -0.478 e. The van der Waals surface area contributed by atoms with Gasteiger partial charge in [0.1, 0.15) is 0 Å². The lowest BCUT2D eigenvalue weighted by Gasteiger charge is -2.17. The highest BCUT2D eigenvalue weighted by atomic mass is 32.1. The quantitative estimate of drug-likeness (QED) is 0.526. The molecule has 3 N–H and O–H groups in total. The fourth-order valence-electron chi connectivity index (χ4n) is 1.44. The van der Waals surface area contributed by atoms with Crippen LogP contribution in [0.25, 0.3) is 0 Å². The molecule has 0 radical (unpaired) electrons. The molecule has 1 aromatic rings. The maximum Gasteiger partial charge on any atom is 0.279 e. The summed E-state index contributed by atoms with van der Waals surface area (Å²) < 4.78 is 18.7. The molecule has 0 aliphatic heterocycles. The van der Waals surface area contributed by atoms with Crippen molar-refractivity contribution in [2.45, 2.75) is 13.0 Å². The summed E-state index contributed by atoms with van der Waals surface area (Å²) in [6.07, 6.45) is -0.867. The summed E-state index contributed by atoms with van der Waals surface area (Å²) in [5.41, 5.74) is 4.97. The zero-order valence-corrected chi connectivity index (χ0v) is 13.7. The molecule has 0 saturated carbocycles. The summed E-state index contributed by atoms with van der Waals surface area (Å²) in [6.45, 7) is 2.98. The van der Waals surface area contributed by atoms with Crippen LogP contribution in [0, 0.1) is 5.82 Å². The highest BCUT2D eigenvalue weighted by Crippen LogP contribution is 2.16. The molecule has 1 aromatic carbocycles. The van der Waals surface area contributed by atoms with Crippen LogP contribution in [0.15, 0.2) is 24.3 Å². The van der Waals surface area contributed by atoms with Crippen molar-refractivity contribution >= 4 is 23.2 Å². The van der Waals surface area contributed by atoms with E-state index < -0.39 is 17.8 Å². The van der Waals surface area contributed by atoms with E-state index in [2.05, 4.69) is 16.2 Å². The van der Waals surface area contributed by atoms with Gasteiger partial charge in [-0.15, -0.1) is 0 Å². The van der Waals surface area contributed by atoms with Gasteiger partial charge in [-0.2, -0.15) is 0 Å². The van der Waals surface area contributed by atoms with Crippen molar-refractivity contribution in [1.82, 2.24) is 21.1 Å². The molecule has 1 amide bonds. The predicted octanol–water partition coefficient (Wildman–Crippen LogP) is 0.650. The standard InChI is InChI=1S/C14H21FN4O2S/c1-10(21-12-7-5-4-6-11(12)15)13(20)17-18-14(22)16-8-9-19(2)3/h4-7,10H,8-9H2,1-3H3,(H,17,20)(H2,16,18,22)/t10-/m0/s1. The van der Waals surface area contributed by atoms with Gasteiger partial charge in [-0.1, -0.05) is 12.1 Å². The Labute approximate surface area is 135 Å². The number of hydrogen-bond donors (Lipinski definition) is 3. The van der Waals surface area contributed by atoms with Crippen molar-refractivity contribution in [2.75, 3.05) is 27.2 Å². The lowest BCUT2D eigenvalue weighted by atomic mass is 10.3. The molecule has 0 fully saturated rings. The fourth-order valence-corrected chi connectivity index (χ4v) is 1.59. The summed E-state index contributed by atoms with van der Waals surface area (Å²) in [4.78, 5) is 13.8. The Kier molecular flexibility index (Phi) is 7.55. The van der Waals surface area contributed by atoms with Gasteiger partial charge in [-0.25, -0.2) is 4.39 Å². The van der Waals surface area contributed by atoms with Crippen LogP contribution in [0.5, 0.6) is 5.75 Å². The third-order valence-corrected chi connectivity index (χ3v) is 2.90. The van der Waals surface area contributed by atoms with E-state index in [1.165, 1.54) is 19.1 Å². The molecule has 22 heavy (non-hydrogen) atoms. The van der Waals surface area contributed by atoms with Gasteiger partial charge in [0.15, 0.2) is 22.8 Å². The number of amides is 1. The molecule has 0 bridgehead atoms. The molecular formula is C14H21FN4O2S. The first-order valence-electron chi connectivity index (χ1n) is 6.79. The highest BCUT2D eigenvalue weighted by molar-refractivity contribution is 7.80. The Morgan fingerprint density at radius 2 is 2.05 bits per heavy atom. The van der Waals surface area contributed by atoms with E-state index in [0.717, 1.165) is 6.54 Å². The van der Waals surface area contributed by atoms with E-state index in [1.807, 2.05) is 19.0 Å². The molecule has 0 spiro atoms. The summed E-state index contributed by atoms with van der Waals surface area (Å²) in [7, 11) is 3.89. The zero-order valence-electron chi connectivity index (χ0n) is 12.9. The topological polar surface area (TPSA) is 65.6 Å². The van der Waals surface area contributed by atoms with Crippen LogP contribution in [-0.2, 0) is 4.79 Å². The number of rotatable bonds is 6. The number of halogens is 1. The number of thiocarbonyl (C=S) groups is 1. The number of nitrogens with zero attached hydrogens (tertiary/aromatic N) is 1. The van der Waals surface area contributed by atoms with Crippen molar-refractivity contribution in [3.63, 3.8) is 0 Å². The second kappa shape index (κ2) is 9.16. The summed E-state index contributed by atoms with van der Waals surface area (Å²) in [5.74, 6) is -0.951. The van der Waals surface area contributed by atoms with Crippen molar-refractivity contribution in [2.24, 2.45) is 0 Å². The molecule has 0 unspecified atom stereocenters. The third-order valence-electron chi connectivity index (χ3n) is 2.65. The average Bonchev–Trinajstić information content (AvgIpc) is 2.46. The molecule has 0 aromatic heterocycles. The fraction of sp³-hybridized carbons (Fsp3) is 0.429. The number of carbonyl (C=O) groups is 1. The van der Waals surface area contributed by atoms with Gasteiger partial charge in [0.05, 0.1) is 0 Å². The van der Waals surface area contributed by atoms with E-state index in [4.69, 9.17) is 17.0 Å². The molecule has 122 valence electrons. The molecule has 1 atom stereocenters. The smallest absolute Gasteiger partial charge is 0.279 e. The van der Waals surface area contributed by atoms with Crippen molar-refractivity contribution < 1.29 is 13.9 Å². The van der Waals surface area contributed by atoms with Crippen LogP contribution in [0.4, 0.5) is 4.39 Å². The molecule has 6 nitrogen and oxygen atoms in total. The number of carbonyl (C=O) groups excluding carboxylic acids is 1. The van der Waals surface area contributed by atoms with Crippen molar-refractivity contribution in [3.05, 3.63) is 30.1 Å². The zero-order chi connectivity index (χ0) is 16.5. The largest absolute Gasteiger partial charge is 0.478 e.